The van der Waals surface area contributed by atoms with Crippen LogP contribution in [-0.2, 0) is 4.79 Å². The normalized spacial score (nSPS) is 14.2. The molecule has 1 N–H and O–H groups in total. The van der Waals surface area contributed by atoms with Crippen molar-refractivity contribution in [3.63, 3.8) is 0 Å². The highest BCUT2D eigenvalue weighted by atomic mass is 32.2. The summed E-state index contributed by atoms with van der Waals surface area (Å²) in [5.74, 6) is 0.879. The van der Waals surface area contributed by atoms with Crippen molar-refractivity contribution in [2.45, 2.75) is 24.3 Å². The number of carbonyl (C=O) groups excluding carboxylic acids is 1. The minimum Gasteiger partial charge on any atom is -0.497 e. The summed E-state index contributed by atoms with van der Waals surface area (Å²) in [5.41, 5.74) is 1.42. The van der Waals surface area contributed by atoms with Gasteiger partial charge in [-0.3, -0.25) is 4.79 Å². The molecular formula is C19H21N5O2S2. The van der Waals surface area contributed by atoms with Crippen LogP contribution in [0.4, 0.5) is 10.8 Å². The standard InChI is InChI=1S/C19H21N5O2S2/c1-26-14-7-5-6-13(10-14)22-15(25)11-27-18-16-17(20-12-21-18)23-19(28-16)24-8-3-2-4-9-24/h5-7,10,12H,2-4,8-9,11H2,1H3,(H,22,25). The Morgan fingerprint density at radius 3 is 2.96 bits per heavy atom. The highest BCUT2D eigenvalue weighted by Crippen LogP contribution is 2.34. The number of nitrogens with one attached hydrogen (secondary N) is 1. The number of methoxy groups -OCH3 is 1. The fraction of sp³-hybridized carbons (Fsp3) is 0.368. The molecule has 3 heterocycles. The fourth-order valence-electron chi connectivity index (χ4n) is 3.08. The first kappa shape index (κ1) is 18.9. The number of aromatic nitrogens is 3. The third-order valence-corrected chi connectivity index (χ3v) is 6.70. The smallest absolute Gasteiger partial charge is 0.234 e. The van der Waals surface area contributed by atoms with E-state index in [-0.39, 0.29) is 11.7 Å². The number of carbonyl (C=O) groups is 1. The van der Waals surface area contributed by atoms with Crippen LogP contribution in [0.5, 0.6) is 5.75 Å². The first-order valence-corrected chi connectivity index (χ1v) is 11.0. The van der Waals surface area contributed by atoms with E-state index in [0.717, 1.165) is 27.9 Å². The van der Waals surface area contributed by atoms with E-state index < -0.39 is 0 Å². The Labute approximate surface area is 171 Å². The molecule has 0 aliphatic carbocycles. The number of nitrogens with zero attached hydrogens (tertiary/aromatic N) is 4. The number of rotatable bonds is 6. The van der Waals surface area contributed by atoms with Gasteiger partial charge < -0.3 is 15.0 Å². The van der Waals surface area contributed by atoms with Gasteiger partial charge in [0.1, 0.15) is 21.8 Å². The van der Waals surface area contributed by atoms with Crippen LogP contribution in [0.2, 0.25) is 0 Å². The molecule has 1 aliphatic rings. The minimum atomic E-state index is -0.0919. The van der Waals surface area contributed by atoms with Gasteiger partial charge in [0, 0.05) is 24.8 Å². The number of benzene rings is 1. The van der Waals surface area contributed by atoms with Crippen molar-refractivity contribution >= 4 is 50.2 Å². The molecule has 1 fully saturated rings. The second-order valence-electron chi connectivity index (χ2n) is 6.44. The van der Waals surface area contributed by atoms with E-state index in [2.05, 4.69) is 25.2 Å². The monoisotopic (exact) mass is 415 g/mol. The zero-order chi connectivity index (χ0) is 19.3. The third-order valence-electron chi connectivity index (χ3n) is 4.47. The first-order chi connectivity index (χ1) is 13.7. The van der Waals surface area contributed by atoms with Crippen molar-refractivity contribution < 1.29 is 9.53 Å². The maximum absolute atomic E-state index is 12.3. The predicted molar refractivity (Wildman–Crippen MR) is 114 cm³/mol. The van der Waals surface area contributed by atoms with Crippen LogP contribution in [0.15, 0.2) is 35.6 Å². The zero-order valence-electron chi connectivity index (χ0n) is 15.6. The van der Waals surface area contributed by atoms with Gasteiger partial charge >= 0.3 is 0 Å². The Hall–Kier alpha value is -2.39. The summed E-state index contributed by atoms with van der Waals surface area (Å²) < 4.78 is 6.13. The molecule has 2 aromatic heterocycles. The second-order valence-corrected chi connectivity index (χ2v) is 8.39. The van der Waals surface area contributed by atoms with Gasteiger partial charge in [-0.25, -0.2) is 9.97 Å². The van der Waals surface area contributed by atoms with E-state index in [1.54, 1.807) is 24.5 Å². The van der Waals surface area contributed by atoms with Crippen LogP contribution < -0.4 is 15.0 Å². The van der Waals surface area contributed by atoms with Crippen LogP contribution in [0.3, 0.4) is 0 Å². The number of hydrogen-bond donors (Lipinski definition) is 1. The SMILES string of the molecule is COc1cccc(NC(=O)CSc2ncnc3nc(N4CCCCC4)sc23)c1. The molecule has 1 saturated heterocycles. The summed E-state index contributed by atoms with van der Waals surface area (Å²) in [6.45, 7) is 2.08. The minimum absolute atomic E-state index is 0.0919. The summed E-state index contributed by atoms with van der Waals surface area (Å²) in [5, 5.41) is 4.68. The quantitative estimate of drug-likeness (QED) is 0.484. The van der Waals surface area contributed by atoms with Crippen LogP contribution in [-0.4, -0.2) is 46.8 Å². The summed E-state index contributed by atoms with van der Waals surface area (Å²) >= 11 is 3.02. The van der Waals surface area contributed by atoms with Gasteiger partial charge in [0.15, 0.2) is 10.8 Å². The third kappa shape index (κ3) is 4.36. The number of fused-ring (bicyclic) bond motifs is 1. The van der Waals surface area contributed by atoms with Gasteiger partial charge in [0.05, 0.1) is 12.9 Å². The molecule has 9 heteroatoms. The Kier molecular flexibility index (Phi) is 5.92. The summed E-state index contributed by atoms with van der Waals surface area (Å²) in [7, 11) is 1.60. The molecule has 0 saturated carbocycles. The van der Waals surface area contributed by atoms with Crippen molar-refractivity contribution in [3.05, 3.63) is 30.6 Å². The molecule has 1 amide bonds. The lowest BCUT2D eigenvalue weighted by atomic mass is 10.1. The Morgan fingerprint density at radius 2 is 2.14 bits per heavy atom. The molecule has 3 aromatic rings. The maximum Gasteiger partial charge on any atom is 0.234 e. The van der Waals surface area contributed by atoms with Crippen LogP contribution in [0.1, 0.15) is 19.3 Å². The van der Waals surface area contributed by atoms with Crippen molar-refractivity contribution in [1.29, 1.82) is 0 Å². The molecule has 4 rings (SSSR count). The Bertz CT molecular complexity index is 972. The number of piperidine rings is 1. The van der Waals surface area contributed by atoms with Crippen molar-refractivity contribution in [2.75, 3.05) is 36.2 Å². The highest BCUT2D eigenvalue weighted by molar-refractivity contribution is 8.00. The lowest BCUT2D eigenvalue weighted by Gasteiger charge is -2.25. The molecule has 0 spiro atoms. The van der Waals surface area contributed by atoms with Gasteiger partial charge in [-0.15, -0.1) is 0 Å². The average Bonchev–Trinajstić information content (AvgIpc) is 3.18. The maximum atomic E-state index is 12.3. The van der Waals surface area contributed by atoms with Gasteiger partial charge in [-0.2, -0.15) is 4.98 Å². The molecule has 7 nitrogen and oxygen atoms in total. The average molecular weight is 416 g/mol. The topological polar surface area (TPSA) is 80.2 Å². The van der Waals surface area contributed by atoms with E-state index in [1.165, 1.54) is 37.4 Å². The lowest BCUT2D eigenvalue weighted by molar-refractivity contribution is -0.113. The number of anilines is 2. The fourth-order valence-corrected chi connectivity index (χ4v) is 5.02. The van der Waals surface area contributed by atoms with Crippen molar-refractivity contribution in [1.82, 2.24) is 15.0 Å². The number of thioether (sulfide) groups is 1. The Balaban J connectivity index is 1.43. The molecule has 0 atom stereocenters. The summed E-state index contributed by atoms with van der Waals surface area (Å²) in [4.78, 5) is 28.0. The molecule has 146 valence electrons. The number of thiazole rings is 1. The highest BCUT2D eigenvalue weighted by Gasteiger charge is 2.18. The lowest BCUT2D eigenvalue weighted by Crippen LogP contribution is -2.29. The van der Waals surface area contributed by atoms with E-state index in [4.69, 9.17) is 4.74 Å². The van der Waals surface area contributed by atoms with E-state index >= 15 is 0 Å². The number of hydrogen-bond acceptors (Lipinski definition) is 8. The molecule has 0 bridgehead atoms. The van der Waals surface area contributed by atoms with Crippen LogP contribution in [0.25, 0.3) is 10.3 Å². The van der Waals surface area contributed by atoms with Crippen molar-refractivity contribution in [2.24, 2.45) is 0 Å². The van der Waals surface area contributed by atoms with Gasteiger partial charge in [-0.1, -0.05) is 29.2 Å². The molecule has 1 aromatic carbocycles. The van der Waals surface area contributed by atoms with Gasteiger partial charge in [0.25, 0.3) is 0 Å². The van der Waals surface area contributed by atoms with Crippen LogP contribution >= 0.6 is 23.1 Å². The number of amides is 1. The molecular weight excluding hydrogens is 394 g/mol. The van der Waals surface area contributed by atoms with Crippen LogP contribution in [0, 0.1) is 0 Å². The van der Waals surface area contributed by atoms with E-state index in [0.29, 0.717) is 17.1 Å². The van der Waals surface area contributed by atoms with Gasteiger partial charge in [0.2, 0.25) is 5.91 Å². The van der Waals surface area contributed by atoms with E-state index in [9.17, 15) is 4.79 Å². The molecule has 0 radical (unpaired) electrons. The van der Waals surface area contributed by atoms with Crippen molar-refractivity contribution in [3.8, 4) is 5.75 Å². The summed E-state index contributed by atoms with van der Waals surface area (Å²) in [6, 6.07) is 7.31. The molecule has 1 aliphatic heterocycles. The van der Waals surface area contributed by atoms with Gasteiger partial charge in [-0.05, 0) is 31.4 Å². The number of ether oxygens (including phenoxy) is 1. The first-order valence-electron chi connectivity index (χ1n) is 9.16. The molecule has 0 unspecified atom stereocenters. The van der Waals surface area contributed by atoms with E-state index in [1.807, 2.05) is 18.2 Å². The second kappa shape index (κ2) is 8.74. The predicted octanol–water partition coefficient (Wildman–Crippen LogP) is 3.82. The molecule has 28 heavy (non-hydrogen) atoms. The largest absolute Gasteiger partial charge is 0.497 e. The summed E-state index contributed by atoms with van der Waals surface area (Å²) in [6.07, 6.45) is 5.20. The Morgan fingerprint density at radius 1 is 1.29 bits per heavy atom. The zero-order valence-corrected chi connectivity index (χ0v) is 17.2.